The van der Waals surface area contributed by atoms with Gasteiger partial charge in [0.05, 0.1) is 12.4 Å². The molecule has 0 fully saturated rings. The Hall–Kier alpha value is -0.720. The Bertz CT molecular complexity index is 114. The molecule has 0 aromatic heterocycles. The van der Waals surface area contributed by atoms with Crippen LogP contribution >= 0.6 is 0 Å². The minimum Gasteiger partial charge on any atom is -0.499 e. The van der Waals surface area contributed by atoms with Crippen LogP contribution < -0.4 is 0 Å². The molecule has 1 heteroatoms. The van der Waals surface area contributed by atoms with Crippen molar-refractivity contribution in [3.05, 3.63) is 24.5 Å². The van der Waals surface area contributed by atoms with Gasteiger partial charge in [0, 0.05) is 6.42 Å². The lowest BCUT2D eigenvalue weighted by molar-refractivity contribution is 0.220. The van der Waals surface area contributed by atoms with Crippen LogP contribution in [-0.4, -0.2) is 6.61 Å². The van der Waals surface area contributed by atoms with Crippen molar-refractivity contribution in [1.29, 1.82) is 0 Å². The maximum absolute atomic E-state index is 5.16. The minimum absolute atomic E-state index is 0.731. The second-order valence-corrected chi connectivity index (χ2v) is 2.08. The molecule has 0 N–H and O–H groups in total. The van der Waals surface area contributed by atoms with Crippen LogP contribution in [0.4, 0.5) is 0 Å². The lowest BCUT2D eigenvalue weighted by Gasteiger charge is -2.03. The smallest absolute Gasteiger partial charge is 0.0891 e. The average molecular weight is 140 g/mol. The summed E-state index contributed by atoms with van der Waals surface area (Å²) in [5.41, 5.74) is 0. The highest BCUT2D eigenvalue weighted by Crippen LogP contribution is 2.03. The van der Waals surface area contributed by atoms with Crippen molar-refractivity contribution in [2.75, 3.05) is 6.61 Å². The monoisotopic (exact) mass is 140 g/mol. The van der Waals surface area contributed by atoms with E-state index in [-0.39, 0.29) is 0 Å². The van der Waals surface area contributed by atoms with Crippen LogP contribution in [0.25, 0.3) is 0 Å². The number of hydrogen-bond donors (Lipinski definition) is 0. The molecule has 0 bridgehead atoms. The van der Waals surface area contributed by atoms with Gasteiger partial charge < -0.3 is 4.74 Å². The van der Waals surface area contributed by atoms with Gasteiger partial charge in [-0.05, 0) is 20.3 Å². The van der Waals surface area contributed by atoms with Crippen molar-refractivity contribution < 1.29 is 4.74 Å². The Morgan fingerprint density at radius 2 is 2.30 bits per heavy atom. The second-order valence-electron chi connectivity index (χ2n) is 2.08. The average Bonchev–Trinajstić information content (AvgIpc) is 1.89. The molecule has 0 aromatic rings. The maximum Gasteiger partial charge on any atom is 0.0891 e. The molecule has 0 saturated carbocycles. The molecule has 0 spiro atoms. The van der Waals surface area contributed by atoms with Gasteiger partial charge in [-0.1, -0.05) is 18.7 Å². The molecular formula is C9H16O. The lowest BCUT2D eigenvalue weighted by Crippen LogP contribution is -1.88. The van der Waals surface area contributed by atoms with Gasteiger partial charge in [-0.3, -0.25) is 0 Å². The molecule has 0 atom stereocenters. The quantitative estimate of drug-likeness (QED) is 0.421. The largest absolute Gasteiger partial charge is 0.499 e. The fraction of sp³-hybridized carbons (Fsp3) is 0.556. The molecule has 0 aliphatic rings. The van der Waals surface area contributed by atoms with E-state index in [2.05, 4.69) is 12.7 Å². The van der Waals surface area contributed by atoms with Crippen LogP contribution in [0.15, 0.2) is 24.5 Å². The maximum atomic E-state index is 5.16. The fourth-order valence-corrected chi connectivity index (χ4v) is 0.687. The summed E-state index contributed by atoms with van der Waals surface area (Å²) in [6.45, 7) is 8.48. The topological polar surface area (TPSA) is 9.23 Å². The standard InChI is InChI=1S/C9H16O/c1-4-6-7-8-9(3)10-5-2/h4,6H,3,5,7-8H2,1-2H3/b6-4+. The van der Waals surface area contributed by atoms with E-state index in [1.807, 2.05) is 19.9 Å². The third kappa shape index (κ3) is 5.42. The molecule has 0 aliphatic carbocycles. The molecular weight excluding hydrogens is 124 g/mol. The van der Waals surface area contributed by atoms with E-state index in [9.17, 15) is 0 Å². The zero-order valence-corrected chi connectivity index (χ0v) is 6.89. The van der Waals surface area contributed by atoms with Gasteiger partial charge in [0.2, 0.25) is 0 Å². The van der Waals surface area contributed by atoms with Crippen molar-refractivity contribution in [3.8, 4) is 0 Å². The summed E-state index contributed by atoms with van der Waals surface area (Å²) < 4.78 is 5.16. The summed E-state index contributed by atoms with van der Waals surface area (Å²) in [5.74, 6) is 0.889. The fourth-order valence-electron chi connectivity index (χ4n) is 0.687. The van der Waals surface area contributed by atoms with E-state index in [4.69, 9.17) is 4.74 Å². The molecule has 1 nitrogen and oxygen atoms in total. The van der Waals surface area contributed by atoms with Gasteiger partial charge in [-0.15, -0.1) is 0 Å². The zero-order valence-electron chi connectivity index (χ0n) is 6.89. The van der Waals surface area contributed by atoms with E-state index in [1.165, 1.54) is 0 Å². The van der Waals surface area contributed by atoms with Gasteiger partial charge in [0.15, 0.2) is 0 Å². The van der Waals surface area contributed by atoms with Crippen LogP contribution in [-0.2, 0) is 4.74 Å². The van der Waals surface area contributed by atoms with Crippen LogP contribution in [0.5, 0.6) is 0 Å². The Morgan fingerprint density at radius 1 is 1.60 bits per heavy atom. The summed E-state index contributed by atoms with van der Waals surface area (Å²) in [6.07, 6.45) is 6.14. The highest BCUT2D eigenvalue weighted by atomic mass is 16.5. The molecule has 0 amide bonds. The van der Waals surface area contributed by atoms with Crippen molar-refractivity contribution in [1.82, 2.24) is 0 Å². The highest BCUT2D eigenvalue weighted by molar-refractivity contribution is 4.87. The molecule has 0 unspecified atom stereocenters. The number of allylic oxidation sites excluding steroid dienone is 3. The first-order valence-electron chi connectivity index (χ1n) is 3.73. The normalized spacial score (nSPS) is 10.2. The van der Waals surface area contributed by atoms with Gasteiger partial charge in [0.1, 0.15) is 0 Å². The first-order chi connectivity index (χ1) is 4.81. The molecule has 10 heavy (non-hydrogen) atoms. The van der Waals surface area contributed by atoms with Gasteiger partial charge in [-0.25, -0.2) is 0 Å². The molecule has 0 aromatic carbocycles. The number of rotatable bonds is 5. The van der Waals surface area contributed by atoms with Crippen LogP contribution in [0.1, 0.15) is 26.7 Å². The Kier molecular flexibility index (Phi) is 5.94. The zero-order chi connectivity index (χ0) is 7.82. The molecule has 0 saturated heterocycles. The van der Waals surface area contributed by atoms with E-state index in [1.54, 1.807) is 0 Å². The van der Waals surface area contributed by atoms with E-state index >= 15 is 0 Å². The first-order valence-corrected chi connectivity index (χ1v) is 3.73. The number of ether oxygens (including phenoxy) is 1. The second kappa shape index (κ2) is 6.40. The van der Waals surface area contributed by atoms with Gasteiger partial charge in [0.25, 0.3) is 0 Å². The van der Waals surface area contributed by atoms with Crippen LogP contribution in [0, 0.1) is 0 Å². The molecule has 58 valence electrons. The summed E-state index contributed by atoms with van der Waals surface area (Å²) in [5, 5.41) is 0. The van der Waals surface area contributed by atoms with Crippen molar-refractivity contribution in [2.24, 2.45) is 0 Å². The van der Waals surface area contributed by atoms with Gasteiger partial charge in [-0.2, -0.15) is 0 Å². The van der Waals surface area contributed by atoms with Crippen molar-refractivity contribution in [3.63, 3.8) is 0 Å². The van der Waals surface area contributed by atoms with Crippen molar-refractivity contribution >= 4 is 0 Å². The van der Waals surface area contributed by atoms with Crippen LogP contribution in [0.2, 0.25) is 0 Å². The predicted octanol–water partition coefficient (Wildman–Crippen LogP) is 2.89. The van der Waals surface area contributed by atoms with Crippen molar-refractivity contribution in [2.45, 2.75) is 26.7 Å². The minimum atomic E-state index is 0.731. The molecule has 0 aliphatic heterocycles. The van der Waals surface area contributed by atoms with Crippen LogP contribution in [0.3, 0.4) is 0 Å². The summed E-state index contributed by atoms with van der Waals surface area (Å²) >= 11 is 0. The summed E-state index contributed by atoms with van der Waals surface area (Å²) in [4.78, 5) is 0. The van der Waals surface area contributed by atoms with E-state index < -0.39 is 0 Å². The Balaban J connectivity index is 3.21. The third-order valence-electron chi connectivity index (χ3n) is 1.17. The molecule has 0 rings (SSSR count). The third-order valence-corrected chi connectivity index (χ3v) is 1.17. The SMILES string of the molecule is C=C(CC/C=C/C)OCC. The summed E-state index contributed by atoms with van der Waals surface area (Å²) in [6, 6.07) is 0. The van der Waals surface area contributed by atoms with Gasteiger partial charge >= 0.3 is 0 Å². The predicted molar refractivity (Wildman–Crippen MR) is 44.8 cm³/mol. The number of hydrogen-bond acceptors (Lipinski definition) is 1. The van der Waals surface area contributed by atoms with E-state index in [0.717, 1.165) is 25.2 Å². The summed E-state index contributed by atoms with van der Waals surface area (Å²) in [7, 11) is 0. The Labute approximate surface area is 63.4 Å². The molecule has 0 radical (unpaired) electrons. The van der Waals surface area contributed by atoms with E-state index in [0.29, 0.717) is 0 Å². The highest BCUT2D eigenvalue weighted by Gasteiger charge is 1.89. The first kappa shape index (κ1) is 9.28. The lowest BCUT2D eigenvalue weighted by atomic mass is 10.2. The molecule has 0 heterocycles. The Morgan fingerprint density at radius 3 is 2.80 bits per heavy atom.